The fourth-order valence-electron chi connectivity index (χ4n) is 1.53. The summed E-state index contributed by atoms with van der Waals surface area (Å²) in [6.07, 6.45) is 0. The van der Waals surface area contributed by atoms with E-state index in [2.05, 4.69) is 36.4 Å². The first-order chi connectivity index (χ1) is 7.90. The molecule has 0 aliphatic heterocycles. The van der Waals surface area contributed by atoms with Gasteiger partial charge >= 0.3 is 0 Å². The number of rotatable bonds is 4. The molecule has 0 radical (unpaired) electrons. The first-order valence-corrected chi connectivity index (χ1v) is 6.44. The van der Waals surface area contributed by atoms with Gasteiger partial charge in [0.1, 0.15) is 5.75 Å². The molecule has 0 heterocycles. The molecule has 90 valence electrons. The summed E-state index contributed by atoms with van der Waals surface area (Å²) in [6.45, 7) is 2.73. The van der Waals surface area contributed by atoms with Crippen LogP contribution in [0.15, 0.2) is 54.6 Å². The Morgan fingerprint density at radius 1 is 0.941 bits per heavy atom. The molecule has 3 heteroatoms. The van der Waals surface area contributed by atoms with E-state index in [-0.39, 0.29) is 12.4 Å². The number of halogens is 1. The Bertz CT molecular complexity index is 445. The van der Waals surface area contributed by atoms with Crippen molar-refractivity contribution in [2.75, 3.05) is 6.61 Å². The van der Waals surface area contributed by atoms with Gasteiger partial charge in [-0.15, -0.1) is 12.4 Å². The van der Waals surface area contributed by atoms with E-state index in [4.69, 9.17) is 4.74 Å². The van der Waals surface area contributed by atoms with Gasteiger partial charge in [0.25, 0.3) is 0 Å². The summed E-state index contributed by atoms with van der Waals surface area (Å²) in [6, 6.07) is 18.8. The summed E-state index contributed by atoms with van der Waals surface area (Å²) < 4.78 is 5.62. The van der Waals surface area contributed by atoms with Gasteiger partial charge in [0.15, 0.2) is 0 Å². The minimum atomic E-state index is 0. The predicted octanol–water partition coefficient (Wildman–Crippen LogP) is 3.14. The molecule has 0 N–H and O–H groups in total. The third-order valence-corrected chi connectivity index (χ3v) is 3.54. The zero-order valence-electron chi connectivity index (χ0n) is 9.72. The Labute approximate surface area is 110 Å². The molecular formula is C14H16ClOP. The Morgan fingerprint density at radius 3 is 2.29 bits per heavy atom. The van der Waals surface area contributed by atoms with E-state index in [1.807, 2.05) is 25.1 Å². The standard InChI is InChI=1S/C14H15OP.ClH/c1-2-15-13-10-6-7-11-14(13)16-12-8-4-3-5-9-12;/h3-11,16H,2H2,1H3;1H. The summed E-state index contributed by atoms with van der Waals surface area (Å²) in [5.41, 5.74) is 0. The fourth-order valence-corrected chi connectivity index (χ4v) is 2.66. The number of ether oxygens (including phenoxy) is 1. The minimum Gasteiger partial charge on any atom is -0.493 e. The van der Waals surface area contributed by atoms with Crippen molar-refractivity contribution in [2.45, 2.75) is 6.92 Å². The second-order valence-electron chi connectivity index (χ2n) is 3.42. The Hall–Kier alpha value is -1.04. The zero-order chi connectivity index (χ0) is 11.2. The van der Waals surface area contributed by atoms with Crippen LogP contribution in [-0.4, -0.2) is 6.61 Å². The van der Waals surface area contributed by atoms with Gasteiger partial charge in [0.05, 0.1) is 6.61 Å². The van der Waals surface area contributed by atoms with Crippen molar-refractivity contribution < 1.29 is 4.74 Å². The predicted molar refractivity (Wildman–Crippen MR) is 78.9 cm³/mol. The highest BCUT2D eigenvalue weighted by Gasteiger charge is 2.02. The molecule has 0 aliphatic rings. The SMILES string of the molecule is CCOc1ccccc1Pc1ccccc1.Cl. The molecule has 0 saturated carbocycles. The lowest BCUT2D eigenvalue weighted by molar-refractivity contribution is 0.343. The second-order valence-corrected chi connectivity index (χ2v) is 4.79. The molecule has 0 spiro atoms. The molecule has 2 aromatic rings. The van der Waals surface area contributed by atoms with Crippen LogP contribution in [-0.2, 0) is 0 Å². The molecule has 0 aromatic heterocycles. The van der Waals surface area contributed by atoms with Crippen molar-refractivity contribution >= 4 is 31.6 Å². The Kier molecular flexibility index (Phi) is 6.04. The van der Waals surface area contributed by atoms with Crippen LogP contribution < -0.4 is 15.3 Å². The third-order valence-electron chi connectivity index (χ3n) is 2.24. The normalized spacial score (nSPS) is 10.2. The molecule has 2 rings (SSSR count). The molecule has 17 heavy (non-hydrogen) atoms. The quantitative estimate of drug-likeness (QED) is 0.773. The van der Waals surface area contributed by atoms with Crippen LogP contribution in [0.3, 0.4) is 0 Å². The Morgan fingerprint density at radius 2 is 1.59 bits per heavy atom. The maximum absolute atomic E-state index is 5.62. The average Bonchev–Trinajstić information content (AvgIpc) is 2.33. The number of para-hydroxylation sites is 1. The fraction of sp³-hybridized carbons (Fsp3) is 0.143. The maximum Gasteiger partial charge on any atom is 0.126 e. The van der Waals surface area contributed by atoms with Crippen molar-refractivity contribution in [1.29, 1.82) is 0 Å². The molecule has 0 aliphatic carbocycles. The molecular weight excluding hydrogens is 251 g/mol. The van der Waals surface area contributed by atoms with Gasteiger partial charge in [-0.25, -0.2) is 0 Å². The second kappa shape index (κ2) is 7.32. The van der Waals surface area contributed by atoms with Crippen LogP contribution in [0.1, 0.15) is 6.92 Å². The molecule has 1 nitrogen and oxygen atoms in total. The van der Waals surface area contributed by atoms with E-state index in [9.17, 15) is 0 Å². The molecule has 0 saturated heterocycles. The highest BCUT2D eigenvalue weighted by Crippen LogP contribution is 2.18. The summed E-state index contributed by atoms with van der Waals surface area (Å²) in [7, 11) is 0.660. The van der Waals surface area contributed by atoms with Crippen molar-refractivity contribution in [3.63, 3.8) is 0 Å². The summed E-state index contributed by atoms with van der Waals surface area (Å²) in [5, 5.41) is 2.62. The Balaban J connectivity index is 0.00000144. The smallest absolute Gasteiger partial charge is 0.126 e. The van der Waals surface area contributed by atoms with Crippen LogP contribution in [0.25, 0.3) is 0 Å². The van der Waals surface area contributed by atoms with E-state index in [1.165, 1.54) is 10.6 Å². The number of hydrogen-bond donors (Lipinski definition) is 0. The van der Waals surface area contributed by atoms with Crippen LogP contribution in [0.4, 0.5) is 0 Å². The first kappa shape index (κ1) is 14.0. The van der Waals surface area contributed by atoms with Gasteiger partial charge in [-0.2, -0.15) is 0 Å². The molecule has 1 unspecified atom stereocenters. The number of benzene rings is 2. The molecule has 0 bridgehead atoms. The topological polar surface area (TPSA) is 9.23 Å². The van der Waals surface area contributed by atoms with Gasteiger partial charge in [-0.3, -0.25) is 0 Å². The van der Waals surface area contributed by atoms with Crippen LogP contribution in [0.5, 0.6) is 5.75 Å². The van der Waals surface area contributed by atoms with E-state index in [1.54, 1.807) is 0 Å². The van der Waals surface area contributed by atoms with E-state index < -0.39 is 0 Å². The molecule has 0 fully saturated rings. The monoisotopic (exact) mass is 266 g/mol. The lowest BCUT2D eigenvalue weighted by Gasteiger charge is -2.09. The highest BCUT2D eigenvalue weighted by molar-refractivity contribution is 7.55. The van der Waals surface area contributed by atoms with Crippen LogP contribution in [0, 0.1) is 0 Å². The van der Waals surface area contributed by atoms with Gasteiger partial charge in [-0.1, -0.05) is 57.1 Å². The highest BCUT2D eigenvalue weighted by atomic mass is 35.5. The van der Waals surface area contributed by atoms with Crippen LogP contribution in [0.2, 0.25) is 0 Å². The first-order valence-electron chi connectivity index (χ1n) is 5.44. The van der Waals surface area contributed by atoms with E-state index >= 15 is 0 Å². The molecule has 2 aromatic carbocycles. The van der Waals surface area contributed by atoms with Crippen molar-refractivity contribution in [3.8, 4) is 5.75 Å². The molecule has 0 amide bonds. The van der Waals surface area contributed by atoms with E-state index in [0.717, 1.165) is 12.4 Å². The number of hydrogen-bond acceptors (Lipinski definition) is 1. The van der Waals surface area contributed by atoms with Gasteiger partial charge in [0.2, 0.25) is 0 Å². The molecule has 1 atom stereocenters. The van der Waals surface area contributed by atoms with E-state index in [0.29, 0.717) is 8.58 Å². The van der Waals surface area contributed by atoms with Crippen molar-refractivity contribution in [1.82, 2.24) is 0 Å². The van der Waals surface area contributed by atoms with Crippen LogP contribution >= 0.6 is 21.0 Å². The summed E-state index contributed by atoms with van der Waals surface area (Å²) in [4.78, 5) is 0. The summed E-state index contributed by atoms with van der Waals surface area (Å²) in [5.74, 6) is 1.01. The zero-order valence-corrected chi connectivity index (χ0v) is 11.5. The summed E-state index contributed by atoms with van der Waals surface area (Å²) >= 11 is 0. The largest absolute Gasteiger partial charge is 0.493 e. The van der Waals surface area contributed by atoms with Gasteiger partial charge in [-0.05, 0) is 18.3 Å². The minimum absolute atomic E-state index is 0. The lowest BCUT2D eigenvalue weighted by atomic mass is 10.3. The van der Waals surface area contributed by atoms with Crippen molar-refractivity contribution in [2.24, 2.45) is 0 Å². The third kappa shape index (κ3) is 4.03. The average molecular weight is 267 g/mol. The van der Waals surface area contributed by atoms with Gasteiger partial charge < -0.3 is 4.74 Å². The lowest BCUT2D eigenvalue weighted by Crippen LogP contribution is -2.07. The van der Waals surface area contributed by atoms with Crippen molar-refractivity contribution in [3.05, 3.63) is 54.6 Å². The maximum atomic E-state index is 5.62. The van der Waals surface area contributed by atoms with Gasteiger partial charge in [0, 0.05) is 5.30 Å².